The van der Waals surface area contributed by atoms with Gasteiger partial charge in [0, 0.05) is 24.2 Å². The fourth-order valence-corrected chi connectivity index (χ4v) is 3.44. The second-order valence-corrected chi connectivity index (χ2v) is 5.56. The molecule has 2 rings (SSSR count). The SMILES string of the molecule is Cn1nccc1C(N)CSC1CCCC1. The van der Waals surface area contributed by atoms with Crippen molar-refractivity contribution >= 4 is 11.8 Å². The fourth-order valence-electron chi connectivity index (χ4n) is 2.13. The predicted octanol–water partition coefficient (Wildman–Crippen LogP) is 2.10. The fraction of sp³-hybridized carbons (Fsp3) is 0.727. The van der Waals surface area contributed by atoms with Gasteiger partial charge in [-0.2, -0.15) is 16.9 Å². The molecule has 3 nitrogen and oxygen atoms in total. The molecule has 1 saturated carbocycles. The molecule has 1 aromatic heterocycles. The van der Waals surface area contributed by atoms with Crippen molar-refractivity contribution in [3.63, 3.8) is 0 Å². The highest BCUT2D eigenvalue weighted by Gasteiger charge is 2.18. The molecule has 1 atom stereocenters. The maximum Gasteiger partial charge on any atom is 0.0558 e. The average molecular weight is 225 g/mol. The second kappa shape index (κ2) is 5.03. The van der Waals surface area contributed by atoms with E-state index in [-0.39, 0.29) is 6.04 Å². The lowest BCUT2D eigenvalue weighted by Crippen LogP contribution is -2.18. The largest absolute Gasteiger partial charge is 0.322 e. The summed E-state index contributed by atoms with van der Waals surface area (Å²) in [6.07, 6.45) is 7.37. The summed E-state index contributed by atoms with van der Waals surface area (Å²) in [5.74, 6) is 1.02. The van der Waals surface area contributed by atoms with Crippen molar-refractivity contribution in [1.82, 2.24) is 9.78 Å². The molecule has 0 bridgehead atoms. The predicted molar refractivity (Wildman–Crippen MR) is 64.9 cm³/mol. The summed E-state index contributed by atoms with van der Waals surface area (Å²) in [6, 6.07) is 2.14. The van der Waals surface area contributed by atoms with Crippen LogP contribution in [0.15, 0.2) is 12.3 Å². The first-order valence-electron chi connectivity index (χ1n) is 5.62. The molecule has 0 radical (unpaired) electrons. The number of aryl methyl sites for hydroxylation is 1. The van der Waals surface area contributed by atoms with Crippen molar-refractivity contribution in [3.8, 4) is 0 Å². The summed E-state index contributed by atoms with van der Waals surface area (Å²) < 4.78 is 1.87. The summed E-state index contributed by atoms with van der Waals surface area (Å²) in [5, 5.41) is 5.00. The Morgan fingerprint density at radius 2 is 2.33 bits per heavy atom. The van der Waals surface area contributed by atoms with Crippen LogP contribution in [0.2, 0.25) is 0 Å². The topological polar surface area (TPSA) is 43.8 Å². The lowest BCUT2D eigenvalue weighted by atomic mass is 10.2. The van der Waals surface area contributed by atoms with Gasteiger partial charge in [-0.3, -0.25) is 4.68 Å². The van der Waals surface area contributed by atoms with E-state index in [0.29, 0.717) is 0 Å². The third-order valence-electron chi connectivity index (χ3n) is 3.05. The maximum atomic E-state index is 6.14. The van der Waals surface area contributed by atoms with Crippen LogP contribution >= 0.6 is 11.8 Å². The number of nitrogens with two attached hydrogens (primary N) is 1. The molecule has 4 heteroatoms. The van der Waals surface area contributed by atoms with Gasteiger partial charge >= 0.3 is 0 Å². The van der Waals surface area contributed by atoms with Gasteiger partial charge in [0.05, 0.1) is 11.7 Å². The first kappa shape index (κ1) is 11.0. The summed E-state index contributed by atoms with van der Waals surface area (Å²) in [5.41, 5.74) is 7.28. The minimum absolute atomic E-state index is 0.128. The maximum absolute atomic E-state index is 6.14. The Morgan fingerprint density at radius 3 is 2.93 bits per heavy atom. The molecule has 1 unspecified atom stereocenters. The molecule has 0 aliphatic heterocycles. The van der Waals surface area contributed by atoms with E-state index in [1.54, 1.807) is 0 Å². The Morgan fingerprint density at radius 1 is 1.60 bits per heavy atom. The molecule has 1 aromatic rings. The Labute approximate surface area is 95.4 Å². The Hall–Kier alpha value is -0.480. The molecule has 0 aromatic carbocycles. The zero-order valence-corrected chi connectivity index (χ0v) is 10.0. The Bertz CT molecular complexity index is 305. The molecular weight excluding hydrogens is 206 g/mol. The van der Waals surface area contributed by atoms with Crippen LogP contribution < -0.4 is 5.73 Å². The minimum atomic E-state index is 0.128. The normalized spacial score (nSPS) is 19.6. The monoisotopic (exact) mass is 225 g/mol. The first-order valence-corrected chi connectivity index (χ1v) is 6.67. The van der Waals surface area contributed by atoms with E-state index in [2.05, 4.69) is 5.10 Å². The van der Waals surface area contributed by atoms with Crippen LogP contribution in [0.3, 0.4) is 0 Å². The molecule has 84 valence electrons. The van der Waals surface area contributed by atoms with Crippen molar-refractivity contribution in [2.45, 2.75) is 37.0 Å². The number of nitrogens with zero attached hydrogens (tertiary/aromatic N) is 2. The second-order valence-electron chi connectivity index (χ2n) is 4.23. The van der Waals surface area contributed by atoms with Crippen molar-refractivity contribution in [3.05, 3.63) is 18.0 Å². The van der Waals surface area contributed by atoms with E-state index in [1.807, 2.05) is 35.8 Å². The molecule has 0 spiro atoms. The van der Waals surface area contributed by atoms with Crippen LogP contribution in [0, 0.1) is 0 Å². The van der Waals surface area contributed by atoms with Crippen LogP contribution in [0.1, 0.15) is 37.4 Å². The Kier molecular flexibility index (Phi) is 3.70. The van der Waals surface area contributed by atoms with E-state index in [0.717, 1.165) is 16.7 Å². The lowest BCUT2D eigenvalue weighted by Gasteiger charge is -2.14. The van der Waals surface area contributed by atoms with Gasteiger partial charge in [-0.15, -0.1) is 0 Å². The quantitative estimate of drug-likeness (QED) is 0.853. The lowest BCUT2D eigenvalue weighted by molar-refractivity contribution is 0.658. The van der Waals surface area contributed by atoms with E-state index >= 15 is 0 Å². The van der Waals surface area contributed by atoms with Crippen molar-refractivity contribution in [2.24, 2.45) is 12.8 Å². The molecule has 0 amide bonds. The standard InChI is InChI=1S/C11H19N3S/c1-14-11(6-7-13-14)10(12)8-15-9-4-2-3-5-9/h6-7,9-10H,2-5,8,12H2,1H3. The molecule has 1 aliphatic carbocycles. The smallest absolute Gasteiger partial charge is 0.0558 e. The van der Waals surface area contributed by atoms with Crippen LogP contribution in [0.4, 0.5) is 0 Å². The van der Waals surface area contributed by atoms with Gasteiger partial charge in [-0.05, 0) is 18.9 Å². The summed E-state index contributed by atoms with van der Waals surface area (Å²) in [4.78, 5) is 0. The van der Waals surface area contributed by atoms with Crippen LogP contribution in [0.5, 0.6) is 0 Å². The molecule has 1 heterocycles. The third kappa shape index (κ3) is 2.75. The molecule has 1 aliphatic rings. The molecular formula is C11H19N3S. The Balaban J connectivity index is 1.81. The number of hydrogen-bond donors (Lipinski definition) is 1. The first-order chi connectivity index (χ1) is 7.27. The molecule has 15 heavy (non-hydrogen) atoms. The van der Waals surface area contributed by atoms with Gasteiger partial charge in [0.2, 0.25) is 0 Å². The van der Waals surface area contributed by atoms with Gasteiger partial charge in [-0.1, -0.05) is 12.8 Å². The molecule has 2 N–H and O–H groups in total. The van der Waals surface area contributed by atoms with Crippen LogP contribution in [-0.4, -0.2) is 20.8 Å². The van der Waals surface area contributed by atoms with E-state index in [9.17, 15) is 0 Å². The minimum Gasteiger partial charge on any atom is -0.322 e. The van der Waals surface area contributed by atoms with Crippen molar-refractivity contribution in [1.29, 1.82) is 0 Å². The number of aromatic nitrogens is 2. The summed E-state index contributed by atoms with van der Waals surface area (Å²) >= 11 is 2.03. The zero-order valence-electron chi connectivity index (χ0n) is 9.22. The van der Waals surface area contributed by atoms with Gasteiger partial charge in [0.1, 0.15) is 0 Å². The number of rotatable bonds is 4. The number of hydrogen-bond acceptors (Lipinski definition) is 3. The highest BCUT2D eigenvalue weighted by atomic mass is 32.2. The van der Waals surface area contributed by atoms with Crippen LogP contribution in [0.25, 0.3) is 0 Å². The van der Waals surface area contributed by atoms with Crippen molar-refractivity contribution in [2.75, 3.05) is 5.75 Å². The van der Waals surface area contributed by atoms with Crippen LogP contribution in [-0.2, 0) is 7.05 Å². The highest BCUT2D eigenvalue weighted by Crippen LogP contribution is 2.31. The summed E-state index contributed by atoms with van der Waals surface area (Å²) in [6.45, 7) is 0. The van der Waals surface area contributed by atoms with Gasteiger partial charge < -0.3 is 5.73 Å². The van der Waals surface area contributed by atoms with E-state index < -0.39 is 0 Å². The van der Waals surface area contributed by atoms with E-state index in [1.165, 1.54) is 25.7 Å². The van der Waals surface area contributed by atoms with E-state index in [4.69, 9.17) is 5.73 Å². The average Bonchev–Trinajstić information content (AvgIpc) is 2.84. The number of thioether (sulfide) groups is 1. The van der Waals surface area contributed by atoms with Crippen molar-refractivity contribution < 1.29 is 0 Å². The molecule has 1 fully saturated rings. The van der Waals surface area contributed by atoms with Gasteiger partial charge in [0.15, 0.2) is 0 Å². The van der Waals surface area contributed by atoms with Gasteiger partial charge in [0.25, 0.3) is 0 Å². The van der Waals surface area contributed by atoms with Gasteiger partial charge in [-0.25, -0.2) is 0 Å². The third-order valence-corrected chi connectivity index (χ3v) is 4.55. The summed E-state index contributed by atoms with van der Waals surface area (Å²) in [7, 11) is 1.95. The highest BCUT2D eigenvalue weighted by molar-refractivity contribution is 7.99. The molecule has 0 saturated heterocycles. The zero-order chi connectivity index (χ0) is 10.7.